The van der Waals surface area contributed by atoms with Gasteiger partial charge in [0.15, 0.2) is 0 Å². The highest BCUT2D eigenvalue weighted by Gasteiger charge is 2.33. The van der Waals surface area contributed by atoms with Crippen molar-refractivity contribution in [1.82, 2.24) is 9.97 Å². The molecule has 4 aromatic rings. The molecule has 0 saturated heterocycles. The smallest absolute Gasteiger partial charge is 0.416 e. The number of aromatic nitrogens is 2. The summed E-state index contributed by atoms with van der Waals surface area (Å²) in [6.45, 7) is 6.20. The second-order valence-electron chi connectivity index (χ2n) is 8.65. The fourth-order valence-electron chi connectivity index (χ4n) is 3.46. The van der Waals surface area contributed by atoms with E-state index in [2.05, 4.69) is 36.8 Å². The van der Waals surface area contributed by atoms with Gasteiger partial charge in [-0.2, -0.15) is 13.2 Å². The topological polar surface area (TPSA) is 37.9 Å². The predicted molar refractivity (Wildman–Crippen MR) is 121 cm³/mol. The molecule has 0 aliphatic heterocycles. The number of alkyl halides is 3. The number of halogens is 4. The van der Waals surface area contributed by atoms with Crippen LogP contribution in [0.1, 0.15) is 37.5 Å². The number of benzene rings is 3. The highest BCUT2D eigenvalue weighted by molar-refractivity contribution is 6.33. The van der Waals surface area contributed by atoms with Crippen molar-refractivity contribution in [1.29, 1.82) is 0 Å². The van der Waals surface area contributed by atoms with Gasteiger partial charge in [-0.25, -0.2) is 4.98 Å². The molecule has 0 saturated carbocycles. The normalized spacial score (nSPS) is 12.3. The van der Waals surface area contributed by atoms with Crippen LogP contribution < -0.4 is 4.74 Å². The van der Waals surface area contributed by atoms with Crippen molar-refractivity contribution in [2.24, 2.45) is 0 Å². The molecule has 0 spiro atoms. The van der Waals surface area contributed by atoms with Crippen molar-refractivity contribution in [3.8, 4) is 17.1 Å². The monoisotopic (exact) mass is 458 g/mol. The zero-order valence-corrected chi connectivity index (χ0v) is 18.6. The Morgan fingerprint density at radius 3 is 2.44 bits per heavy atom. The molecule has 0 fully saturated rings. The number of imidazole rings is 1. The van der Waals surface area contributed by atoms with Crippen LogP contribution in [0.4, 0.5) is 13.2 Å². The minimum Gasteiger partial charge on any atom is -0.489 e. The SMILES string of the molecule is CC(C)(C)c1ccc2nc(-c3cc(OCc4ccccc4C(F)(F)F)ccc3Cl)[nH]c2c1. The summed E-state index contributed by atoms with van der Waals surface area (Å²) in [4.78, 5) is 7.92. The molecule has 1 N–H and O–H groups in total. The summed E-state index contributed by atoms with van der Waals surface area (Å²) < 4.78 is 45.4. The molecule has 0 amide bonds. The molecule has 0 radical (unpaired) electrons. The van der Waals surface area contributed by atoms with Crippen molar-refractivity contribution in [3.63, 3.8) is 0 Å². The second kappa shape index (κ2) is 8.17. The summed E-state index contributed by atoms with van der Waals surface area (Å²) in [5, 5.41) is 0.461. The lowest BCUT2D eigenvalue weighted by Crippen LogP contribution is -2.10. The van der Waals surface area contributed by atoms with E-state index in [9.17, 15) is 13.2 Å². The Labute approximate surface area is 189 Å². The van der Waals surface area contributed by atoms with E-state index in [1.807, 2.05) is 12.1 Å². The van der Waals surface area contributed by atoms with Crippen molar-refractivity contribution < 1.29 is 17.9 Å². The summed E-state index contributed by atoms with van der Waals surface area (Å²) in [5.41, 5.74) is 2.82. The van der Waals surface area contributed by atoms with Crippen LogP contribution in [0, 0.1) is 0 Å². The van der Waals surface area contributed by atoms with E-state index < -0.39 is 11.7 Å². The molecule has 7 heteroatoms. The number of rotatable bonds is 4. The first-order valence-electron chi connectivity index (χ1n) is 10.1. The van der Waals surface area contributed by atoms with E-state index in [4.69, 9.17) is 16.3 Å². The Morgan fingerprint density at radius 1 is 0.969 bits per heavy atom. The molecular weight excluding hydrogens is 437 g/mol. The zero-order valence-electron chi connectivity index (χ0n) is 17.8. The fraction of sp³-hybridized carbons (Fsp3) is 0.240. The number of hydrogen-bond acceptors (Lipinski definition) is 2. The highest BCUT2D eigenvalue weighted by Crippen LogP contribution is 2.34. The standard InChI is InChI=1S/C25H22ClF3N2O/c1-24(2,3)16-8-11-21-22(12-16)31-23(30-21)18-13-17(9-10-20(18)26)32-14-15-6-4-5-7-19(15)25(27,28)29/h4-13H,14H2,1-3H3,(H,30,31). The van der Waals surface area contributed by atoms with Crippen LogP contribution in [0.2, 0.25) is 5.02 Å². The number of aromatic amines is 1. The van der Waals surface area contributed by atoms with E-state index in [1.54, 1.807) is 24.3 Å². The van der Waals surface area contributed by atoms with Gasteiger partial charge in [-0.3, -0.25) is 0 Å². The lowest BCUT2D eigenvalue weighted by molar-refractivity contribution is -0.138. The molecule has 166 valence electrons. The summed E-state index contributed by atoms with van der Waals surface area (Å²) in [7, 11) is 0. The molecular formula is C25H22ClF3N2O. The van der Waals surface area contributed by atoms with E-state index in [0.717, 1.165) is 17.1 Å². The Hall–Kier alpha value is -2.99. The van der Waals surface area contributed by atoms with E-state index >= 15 is 0 Å². The van der Waals surface area contributed by atoms with Crippen LogP contribution in [-0.4, -0.2) is 9.97 Å². The minimum absolute atomic E-state index is 0.00241. The molecule has 3 nitrogen and oxygen atoms in total. The first kappa shape index (κ1) is 22.2. The zero-order chi connectivity index (χ0) is 23.1. The van der Waals surface area contributed by atoms with Crippen LogP contribution in [0.5, 0.6) is 5.75 Å². The third kappa shape index (κ3) is 4.60. The van der Waals surface area contributed by atoms with E-state index in [-0.39, 0.29) is 17.6 Å². The number of ether oxygens (including phenoxy) is 1. The first-order valence-corrected chi connectivity index (χ1v) is 10.5. The van der Waals surface area contributed by atoms with Gasteiger partial charge >= 0.3 is 6.18 Å². The van der Waals surface area contributed by atoms with Crippen LogP contribution in [0.3, 0.4) is 0 Å². The van der Waals surface area contributed by atoms with Gasteiger partial charge in [0.25, 0.3) is 0 Å². The first-order chi connectivity index (χ1) is 15.0. The number of H-pyrrole nitrogens is 1. The summed E-state index contributed by atoms with van der Waals surface area (Å²) in [6, 6.07) is 16.4. The molecule has 0 aliphatic carbocycles. The number of fused-ring (bicyclic) bond motifs is 1. The third-order valence-electron chi connectivity index (χ3n) is 5.26. The van der Waals surface area contributed by atoms with Gasteiger partial charge in [-0.15, -0.1) is 0 Å². The van der Waals surface area contributed by atoms with Crippen molar-refractivity contribution in [3.05, 3.63) is 82.4 Å². The van der Waals surface area contributed by atoms with E-state index in [0.29, 0.717) is 22.2 Å². The minimum atomic E-state index is -4.44. The van der Waals surface area contributed by atoms with Gasteiger partial charge in [0.05, 0.1) is 21.6 Å². The Bertz CT molecular complexity index is 1270. The molecule has 1 heterocycles. The van der Waals surface area contributed by atoms with Crippen LogP contribution in [-0.2, 0) is 18.2 Å². The molecule has 4 rings (SSSR count). The quantitative estimate of drug-likeness (QED) is 0.339. The predicted octanol–water partition coefficient (Wildman–Crippen LogP) is 7.78. The summed E-state index contributed by atoms with van der Waals surface area (Å²) >= 11 is 6.40. The largest absolute Gasteiger partial charge is 0.489 e. The number of nitrogens with one attached hydrogen (secondary N) is 1. The van der Waals surface area contributed by atoms with E-state index in [1.165, 1.54) is 17.7 Å². The van der Waals surface area contributed by atoms with Gasteiger partial charge in [0, 0.05) is 11.1 Å². The third-order valence-corrected chi connectivity index (χ3v) is 5.59. The summed E-state index contributed by atoms with van der Waals surface area (Å²) in [6.07, 6.45) is -4.44. The van der Waals surface area contributed by atoms with Gasteiger partial charge in [0.1, 0.15) is 18.2 Å². The Morgan fingerprint density at radius 2 is 1.72 bits per heavy atom. The fourth-order valence-corrected chi connectivity index (χ4v) is 3.67. The van der Waals surface area contributed by atoms with Crippen LogP contribution in [0.25, 0.3) is 22.4 Å². The molecule has 32 heavy (non-hydrogen) atoms. The molecule has 0 bridgehead atoms. The van der Waals surface area contributed by atoms with Gasteiger partial charge < -0.3 is 9.72 Å². The van der Waals surface area contributed by atoms with Crippen molar-refractivity contribution in [2.45, 2.75) is 39.0 Å². The van der Waals surface area contributed by atoms with Crippen LogP contribution in [0.15, 0.2) is 60.7 Å². The maximum atomic E-state index is 13.2. The van der Waals surface area contributed by atoms with Crippen molar-refractivity contribution >= 4 is 22.6 Å². The number of nitrogens with zero attached hydrogens (tertiary/aromatic N) is 1. The lowest BCUT2D eigenvalue weighted by atomic mass is 9.87. The number of hydrogen-bond donors (Lipinski definition) is 1. The average Bonchev–Trinajstić information content (AvgIpc) is 3.15. The molecule has 0 aliphatic rings. The molecule has 0 atom stereocenters. The second-order valence-corrected chi connectivity index (χ2v) is 9.06. The Balaban J connectivity index is 1.63. The molecule has 1 aromatic heterocycles. The van der Waals surface area contributed by atoms with Gasteiger partial charge in [-0.1, -0.05) is 56.6 Å². The van der Waals surface area contributed by atoms with Gasteiger partial charge in [-0.05, 0) is 47.4 Å². The summed E-state index contributed by atoms with van der Waals surface area (Å²) in [5.74, 6) is 0.967. The van der Waals surface area contributed by atoms with Gasteiger partial charge in [0.2, 0.25) is 0 Å². The lowest BCUT2D eigenvalue weighted by Gasteiger charge is -2.18. The highest BCUT2D eigenvalue weighted by atomic mass is 35.5. The average molecular weight is 459 g/mol. The maximum absolute atomic E-state index is 13.2. The Kier molecular flexibility index (Phi) is 5.67. The van der Waals surface area contributed by atoms with Crippen LogP contribution >= 0.6 is 11.6 Å². The molecule has 0 unspecified atom stereocenters. The molecule has 3 aromatic carbocycles. The maximum Gasteiger partial charge on any atom is 0.416 e. The van der Waals surface area contributed by atoms with Crippen molar-refractivity contribution in [2.75, 3.05) is 0 Å².